The number of ether oxygens (including phenoxy) is 1. The van der Waals surface area contributed by atoms with Gasteiger partial charge in [0.1, 0.15) is 5.82 Å². The maximum atomic E-state index is 5.63. The lowest BCUT2D eigenvalue weighted by Gasteiger charge is -2.19. The van der Waals surface area contributed by atoms with Gasteiger partial charge in [-0.15, -0.1) is 0 Å². The summed E-state index contributed by atoms with van der Waals surface area (Å²) in [4.78, 5) is 6.39. The van der Waals surface area contributed by atoms with Gasteiger partial charge in [-0.25, -0.2) is 4.98 Å². The van der Waals surface area contributed by atoms with Crippen molar-refractivity contribution in [2.24, 2.45) is 5.92 Å². The van der Waals surface area contributed by atoms with Gasteiger partial charge in [0.2, 0.25) is 0 Å². The van der Waals surface area contributed by atoms with Crippen LogP contribution in [0.1, 0.15) is 12.8 Å². The summed E-state index contributed by atoms with van der Waals surface area (Å²) in [5, 5.41) is 3.04. The molecule has 0 atom stereocenters. The zero-order valence-corrected chi connectivity index (χ0v) is 10.6. The Hall–Kier alpha value is -1.29. The van der Waals surface area contributed by atoms with Crippen molar-refractivity contribution in [3.63, 3.8) is 0 Å². The maximum absolute atomic E-state index is 5.63. The third-order valence-electron chi connectivity index (χ3n) is 3.06. The molecule has 1 heterocycles. The van der Waals surface area contributed by atoms with Crippen molar-refractivity contribution in [1.82, 2.24) is 4.98 Å². The summed E-state index contributed by atoms with van der Waals surface area (Å²) in [6, 6.07) is 4.06. The fraction of sp³-hybridized carbons (Fsp3) is 0.615. The third-order valence-corrected chi connectivity index (χ3v) is 3.06. The van der Waals surface area contributed by atoms with Gasteiger partial charge in [-0.2, -0.15) is 0 Å². The Morgan fingerprint density at radius 1 is 1.53 bits per heavy atom. The van der Waals surface area contributed by atoms with E-state index in [2.05, 4.69) is 22.2 Å². The second kappa shape index (κ2) is 5.87. The number of nitrogens with one attached hydrogen (secondary N) is 1. The van der Waals surface area contributed by atoms with Gasteiger partial charge in [-0.1, -0.05) is 0 Å². The minimum absolute atomic E-state index is 0.796. The highest BCUT2D eigenvalue weighted by atomic mass is 16.5. The van der Waals surface area contributed by atoms with Gasteiger partial charge in [-0.3, -0.25) is 0 Å². The van der Waals surface area contributed by atoms with E-state index in [9.17, 15) is 0 Å². The number of aromatic nitrogens is 1. The smallest absolute Gasteiger partial charge is 0.127 e. The summed E-state index contributed by atoms with van der Waals surface area (Å²) in [6.07, 6.45) is 4.53. The number of hydrogen-bond acceptors (Lipinski definition) is 4. The van der Waals surface area contributed by atoms with Crippen molar-refractivity contribution in [3.05, 3.63) is 18.3 Å². The zero-order chi connectivity index (χ0) is 12.1. The largest absolute Gasteiger partial charge is 0.379 e. The highest BCUT2D eigenvalue weighted by Gasteiger charge is 2.20. The fourth-order valence-electron chi connectivity index (χ4n) is 1.66. The van der Waals surface area contributed by atoms with Gasteiger partial charge in [-0.05, 0) is 24.8 Å². The van der Waals surface area contributed by atoms with Gasteiger partial charge >= 0.3 is 0 Å². The Morgan fingerprint density at radius 3 is 3.06 bits per heavy atom. The van der Waals surface area contributed by atoms with Gasteiger partial charge in [0.15, 0.2) is 0 Å². The topological polar surface area (TPSA) is 37.4 Å². The maximum Gasteiger partial charge on any atom is 0.127 e. The Morgan fingerprint density at radius 2 is 2.35 bits per heavy atom. The first-order valence-electron chi connectivity index (χ1n) is 6.22. The molecule has 0 spiro atoms. The molecule has 1 aromatic rings. The Bertz CT molecular complexity index is 352. The van der Waals surface area contributed by atoms with Crippen LogP contribution in [0.5, 0.6) is 0 Å². The SMILES string of the molecule is CNc1cc(N(C)CCOCC2CC2)ccn1. The van der Waals surface area contributed by atoms with E-state index in [4.69, 9.17) is 4.74 Å². The van der Waals surface area contributed by atoms with Crippen LogP contribution in [0.15, 0.2) is 18.3 Å². The molecule has 1 saturated carbocycles. The Balaban J connectivity index is 1.74. The van der Waals surface area contributed by atoms with Gasteiger partial charge in [0, 0.05) is 45.2 Å². The van der Waals surface area contributed by atoms with E-state index < -0.39 is 0 Å². The minimum atomic E-state index is 0.796. The fourth-order valence-corrected chi connectivity index (χ4v) is 1.66. The Labute approximate surface area is 103 Å². The second-order valence-corrected chi connectivity index (χ2v) is 4.59. The highest BCUT2D eigenvalue weighted by Crippen LogP contribution is 2.28. The summed E-state index contributed by atoms with van der Waals surface area (Å²) >= 11 is 0. The van der Waals surface area contributed by atoms with Crippen LogP contribution in [0.4, 0.5) is 11.5 Å². The van der Waals surface area contributed by atoms with E-state index in [1.54, 1.807) is 0 Å². The molecule has 0 radical (unpaired) electrons. The van der Waals surface area contributed by atoms with Crippen LogP contribution >= 0.6 is 0 Å². The van der Waals surface area contributed by atoms with Crippen molar-refractivity contribution in [2.75, 3.05) is 44.1 Å². The number of rotatable bonds is 7. The number of hydrogen-bond donors (Lipinski definition) is 1. The standard InChI is InChI=1S/C13H21N3O/c1-14-13-9-12(5-6-15-13)16(2)7-8-17-10-11-3-4-11/h5-6,9,11H,3-4,7-8,10H2,1-2H3,(H,14,15). The predicted octanol–water partition coefficient (Wildman–Crippen LogP) is 1.99. The molecular formula is C13H21N3O. The van der Waals surface area contributed by atoms with E-state index in [1.807, 2.05) is 25.4 Å². The first-order chi connectivity index (χ1) is 8.29. The number of nitrogens with zero attached hydrogens (tertiary/aromatic N) is 2. The first-order valence-corrected chi connectivity index (χ1v) is 6.22. The van der Waals surface area contributed by atoms with Crippen molar-refractivity contribution < 1.29 is 4.74 Å². The highest BCUT2D eigenvalue weighted by molar-refractivity contribution is 5.53. The van der Waals surface area contributed by atoms with Crippen molar-refractivity contribution >= 4 is 11.5 Å². The van der Waals surface area contributed by atoms with Crippen LogP contribution in [-0.4, -0.2) is 38.8 Å². The van der Waals surface area contributed by atoms with Crippen LogP contribution in [0.3, 0.4) is 0 Å². The van der Waals surface area contributed by atoms with E-state index in [0.29, 0.717) is 0 Å². The molecule has 0 amide bonds. The van der Waals surface area contributed by atoms with E-state index in [-0.39, 0.29) is 0 Å². The molecule has 4 nitrogen and oxygen atoms in total. The van der Waals surface area contributed by atoms with Crippen LogP contribution in [-0.2, 0) is 4.74 Å². The molecule has 0 aromatic carbocycles. The number of anilines is 2. The molecule has 17 heavy (non-hydrogen) atoms. The van der Waals surface area contributed by atoms with E-state index >= 15 is 0 Å². The van der Waals surface area contributed by atoms with Gasteiger partial charge < -0.3 is 15.0 Å². The monoisotopic (exact) mass is 235 g/mol. The molecule has 1 aromatic heterocycles. The molecule has 0 bridgehead atoms. The lowest BCUT2D eigenvalue weighted by atomic mass is 10.3. The minimum Gasteiger partial charge on any atom is -0.379 e. The molecule has 94 valence electrons. The molecule has 4 heteroatoms. The summed E-state index contributed by atoms with van der Waals surface area (Å²) in [7, 11) is 3.96. The Kier molecular flexibility index (Phi) is 4.20. The first kappa shape index (κ1) is 12.2. The molecule has 0 saturated heterocycles. The molecule has 2 rings (SSSR count). The lowest BCUT2D eigenvalue weighted by molar-refractivity contribution is 0.131. The normalized spacial score (nSPS) is 14.7. The predicted molar refractivity (Wildman–Crippen MR) is 70.6 cm³/mol. The third kappa shape index (κ3) is 3.89. The summed E-state index contributed by atoms with van der Waals surface area (Å²) in [6.45, 7) is 2.65. The number of likely N-dealkylation sites (N-methyl/N-ethyl adjacent to an activating group) is 1. The van der Waals surface area contributed by atoms with Crippen molar-refractivity contribution in [3.8, 4) is 0 Å². The molecule has 1 fully saturated rings. The second-order valence-electron chi connectivity index (χ2n) is 4.59. The van der Waals surface area contributed by atoms with Gasteiger partial charge in [0.25, 0.3) is 0 Å². The molecule has 1 aliphatic rings. The lowest BCUT2D eigenvalue weighted by Crippen LogP contribution is -2.23. The van der Waals surface area contributed by atoms with Crippen LogP contribution < -0.4 is 10.2 Å². The zero-order valence-electron chi connectivity index (χ0n) is 10.6. The van der Waals surface area contributed by atoms with Gasteiger partial charge in [0.05, 0.1) is 6.61 Å². The van der Waals surface area contributed by atoms with E-state index in [0.717, 1.165) is 31.5 Å². The molecular weight excluding hydrogens is 214 g/mol. The van der Waals surface area contributed by atoms with Crippen LogP contribution in [0.2, 0.25) is 0 Å². The summed E-state index contributed by atoms with van der Waals surface area (Å²) in [5.74, 6) is 1.74. The van der Waals surface area contributed by atoms with Crippen molar-refractivity contribution in [1.29, 1.82) is 0 Å². The quantitative estimate of drug-likeness (QED) is 0.733. The average molecular weight is 235 g/mol. The number of pyridine rings is 1. The molecule has 0 unspecified atom stereocenters. The molecule has 1 N–H and O–H groups in total. The summed E-state index contributed by atoms with van der Waals surface area (Å²) < 4.78 is 5.63. The van der Waals surface area contributed by atoms with Crippen molar-refractivity contribution in [2.45, 2.75) is 12.8 Å². The van der Waals surface area contributed by atoms with Crippen LogP contribution in [0, 0.1) is 5.92 Å². The molecule has 0 aliphatic heterocycles. The van der Waals surface area contributed by atoms with E-state index in [1.165, 1.54) is 18.5 Å². The average Bonchev–Trinajstić information content (AvgIpc) is 3.18. The van der Waals surface area contributed by atoms with Crippen LogP contribution in [0.25, 0.3) is 0 Å². The molecule has 1 aliphatic carbocycles. The summed E-state index contributed by atoms with van der Waals surface area (Å²) in [5.41, 5.74) is 1.17.